The van der Waals surface area contributed by atoms with Crippen LogP contribution in [0, 0.1) is 0 Å². The van der Waals surface area contributed by atoms with E-state index in [-0.39, 0.29) is 18.6 Å². The molecule has 4 rings (SSSR count). The number of carbonyl (C=O) groups is 1. The molecule has 5 nitrogen and oxygen atoms in total. The topological polar surface area (TPSA) is 71.5 Å². The van der Waals surface area contributed by atoms with Crippen LogP contribution < -0.4 is 10.1 Å². The van der Waals surface area contributed by atoms with E-state index in [4.69, 9.17) is 16.3 Å². The molecule has 1 atom stereocenters. The van der Waals surface area contributed by atoms with Crippen molar-refractivity contribution >= 4 is 23.6 Å². The zero-order valence-corrected chi connectivity index (χ0v) is 17.0. The number of amides is 1. The van der Waals surface area contributed by atoms with Gasteiger partial charge < -0.3 is 15.2 Å². The highest BCUT2D eigenvalue weighted by Gasteiger charge is 2.26. The number of ether oxygens (including phenoxy) is 1. The lowest BCUT2D eigenvalue weighted by molar-refractivity contribution is -0.116. The van der Waals surface area contributed by atoms with Crippen molar-refractivity contribution in [3.63, 3.8) is 0 Å². The molecule has 0 saturated carbocycles. The number of pyridine rings is 1. The van der Waals surface area contributed by atoms with Crippen LogP contribution in [0.4, 0.5) is 0 Å². The van der Waals surface area contributed by atoms with Crippen LogP contribution >= 0.6 is 11.6 Å². The molecule has 0 fully saturated rings. The fourth-order valence-electron chi connectivity index (χ4n) is 3.44. The molecular weight excluding hydrogens is 400 g/mol. The number of halogens is 1. The number of nitrogens with zero attached hydrogens (tertiary/aromatic N) is 1. The molecule has 2 N–H and O–H groups in total. The Labute approximate surface area is 180 Å². The molecule has 152 valence electrons. The Morgan fingerprint density at radius 2 is 2.13 bits per heavy atom. The van der Waals surface area contributed by atoms with Gasteiger partial charge in [-0.05, 0) is 52.6 Å². The van der Waals surface area contributed by atoms with Crippen LogP contribution in [0.5, 0.6) is 5.75 Å². The quantitative estimate of drug-likeness (QED) is 0.591. The van der Waals surface area contributed by atoms with Gasteiger partial charge in [-0.2, -0.15) is 0 Å². The van der Waals surface area contributed by atoms with E-state index in [0.717, 1.165) is 27.8 Å². The first-order valence-electron chi connectivity index (χ1n) is 9.67. The van der Waals surface area contributed by atoms with E-state index >= 15 is 0 Å². The maximum absolute atomic E-state index is 12.1. The van der Waals surface area contributed by atoms with Gasteiger partial charge in [-0.15, -0.1) is 0 Å². The van der Waals surface area contributed by atoms with E-state index in [9.17, 15) is 9.90 Å². The van der Waals surface area contributed by atoms with E-state index < -0.39 is 0 Å². The Bertz CT molecular complexity index is 1080. The molecule has 0 aliphatic carbocycles. The van der Waals surface area contributed by atoms with Crippen LogP contribution in [0.2, 0.25) is 5.02 Å². The van der Waals surface area contributed by atoms with Crippen molar-refractivity contribution in [2.45, 2.75) is 19.1 Å². The van der Waals surface area contributed by atoms with Crippen molar-refractivity contribution in [1.29, 1.82) is 0 Å². The molecule has 1 unspecified atom stereocenters. The van der Waals surface area contributed by atoms with Crippen LogP contribution in [-0.2, 0) is 17.8 Å². The SMILES string of the molecule is O=C(/C=C/c1cccnc1)NCC1Cc2cc(-c3cccc(CO)c3)cc(Cl)c2O1. The van der Waals surface area contributed by atoms with Crippen molar-refractivity contribution in [2.75, 3.05) is 6.54 Å². The molecule has 1 aliphatic heterocycles. The first-order valence-corrected chi connectivity index (χ1v) is 10.1. The predicted molar refractivity (Wildman–Crippen MR) is 117 cm³/mol. The van der Waals surface area contributed by atoms with Crippen molar-refractivity contribution in [3.05, 3.63) is 88.7 Å². The predicted octanol–water partition coefficient (Wildman–Crippen LogP) is 4.03. The average molecular weight is 421 g/mol. The lowest BCUT2D eigenvalue weighted by Gasteiger charge is -2.11. The molecule has 0 bridgehead atoms. The third-order valence-electron chi connectivity index (χ3n) is 4.91. The highest BCUT2D eigenvalue weighted by Crippen LogP contribution is 2.39. The Balaban J connectivity index is 1.40. The number of aliphatic hydroxyl groups excluding tert-OH is 1. The average Bonchev–Trinajstić information content (AvgIpc) is 3.21. The summed E-state index contributed by atoms with van der Waals surface area (Å²) >= 11 is 6.47. The zero-order valence-electron chi connectivity index (χ0n) is 16.2. The first kappa shape index (κ1) is 20.1. The first-order chi connectivity index (χ1) is 14.6. The fraction of sp³-hybridized carbons (Fsp3) is 0.167. The Morgan fingerprint density at radius 3 is 2.93 bits per heavy atom. The molecular formula is C24H21ClN2O3. The number of benzene rings is 2. The Kier molecular flexibility index (Phi) is 6.12. The normalized spacial score (nSPS) is 15.1. The maximum atomic E-state index is 12.1. The van der Waals surface area contributed by atoms with Crippen LogP contribution in [0.15, 0.2) is 67.0 Å². The summed E-state index contributed by atoms with van der Waals surface area (Å²) in [5.41, 5.74) is 4.68. The molecule has 2 heterocycles. The summed E-state index contributed by atoms with van der Waals surface area (Å²) in [7, 11) is 0. The lowest BCUT2D eigenvalue weighted by atomic mass is 9.99. The monoisotopic (exact) mass is 420 g/mol. The molecule has 0 radical (unpaired) electrons. The molecule has 1 aromatic heterocycles. The molecule has 0 spiro atoms. The highest BCUT2D eigenvalue weighted by molar-refractivity contribution is 6.32. The van der Waals surface area contributed by atoms with Gasteiger partial charge in [0.25, 0.3) is 0 Å². The van der Waals surface area contributed by atoms with Crippen molar-refractivity contribution in [2.24, 2.45) is 0 Å². The standard InChI is InChI=1S/C24H21ClN2O3/c25-22-12-19(18-5-1-3-17(9-18)15-28)10-20-11-21(30-24(20)22)14-27-23(29)7-6-16-4-2-8-26-13-16/h1-10,12-13,21,28H,11,14-15H2,(H,27,29)/b7-6+. The zero-order chi connectivity index (χ0) is 20.9. The number of rotatable bonds is 6. The molecule has 3 aromatic rings. The maximum Gasteiger partial charge on any atom is 0.244 e. The molecule has 6 heteroatoms. The van der Waals surface area contributed by atoms with Crippen LogP contribution in [0.25, 0.3) is 17.2 Å². The van der Waals surface area contributed by atoms with Gasteiger partial charge in [0.2, 0.25) is 5.91 Å². The van der Waals surface area contributed by atoms with Crippen LogP contribution in [0.1, 0.15) is 16.7 Å². The van der Waals surface area contributed by atoms with Crippen LogP contribution in [0.3, 0.4) is 0 Å². The van der Waals surface area contributed by atoms with Gasteiger partial charge in [0, 0.05) is 30.5 Å². The summed E-state index contributed by atoms with van der Waals surface area (Å²) in [6.07, 6.45) is 7.07. The second-order valence-corrected chi connectivity index (χ2v) is 7.52. The van der Waals surface area contributed by atoms with Gasteiger partial charge in [0.1, 0.15) is 11.9 Å². The minimum absolute atomic E-state index is 0.00731. The Morgan fingerprint density at radius 1 is 1.23 bits per heavy atom. The molecule has 30 heavy (non-hydrogen) atoms. The number of nitrogens with one attached hydrogen (secondary N) is 1. The second-order valence-electron chi connectivity index (χ2n) is 7.11. The number of hydrogen-bond acceptors (Lipinski definition) is 4. The van der Waals surface area contributed by atoms with Gasteiger partial charge in [0.05, 0.1) is 18.2 Å². The summed E-state index contributed by atoms with van der Waals surface area (Å²) < 4.78 is 5.97. The minimum atomic E-state index is -0.189. The summed E-state index contributed by atoms with van der Waals surface area (Å²) in [4.78, 5) is 16.1. The van der Waals surface area contributed by atoms with E-state index in [1.165, 1.54) is 6.08 Å². The van der Waals surface area contributed by atoms with Gasteiger partial charge in [0.15, 0.2) is 0 Å². The smallest absolute Gasteiger partial charge is 0.244 e. The van der Waals surface area contributed by atoms with Gasteiger partial charge in [-0.3, -0.25) is 9.78 Å². The number of hydrogen-bond donors (Lipinski definition) is 2. The van der Waals surface area contributed by atoms with E-state index in [0.29, 0.717) is 23.7 Å². The number of aliphatic hydroxyl groups is 1. The highest BCUT2D eigenvalue weighted by atomic mass is 35.5. The molecule has 1 aliphatic rings. The van der Waals surface area contributed by atoms with Gasteiger partial charge >= 0.3 is 0 Å². The van der Waals surface area contributed by atoms with Gasteiger partial charge in [-0.25, -0.2) is 0 Å². The van der Waals surface area contributed by atoms with Crippen molar-refractivity contribution in [3.8, 4) is 16.9 Å². The van der Waals surface area contributed by atoms with Crippen molar-refractivity contribution < 1.29 is 14.6 Å². The third kappa shape index (κ3) is 4.70. The lowest BCUT2D eigenvalue weighted by Crippen LogP contribution is -2.33. The van der Waals surface area contributed by atoms with E-state index in [2.05, 4.69) is 16.4 Å². The van der Waals surface area contributed by atoms with E-state index in [1.54, 1.807) is 18.5 Å². The van der Waals surface area contributed by atoms with Crippen LogP contribution in [-0.4, -0.2) is 28.6 Å². The summed E-state index contributed by atoms with van der Waals surface area (Å²) in [6.45, 7) is 0.378. The second kappa shape index (κ2) is 9.11. The Hall–Kier alpha value is -3.15. The largest absolute Gasteiger partial charge is 0.486 e. The van der Waals surface area contributed by atoms with Crippen molar-refractivity contribution in [1.82, 2.24) is 10.3 Å². The fourth-order valence-corrected chi connectivity index (χ4v) is 3.72. The van der Waals surface area contributed by atoms with E-state index in [1.807, 2.05) is 42.5 Å². The number of carbonyl (C=O) groups excluding carboxylic acids is 1. The number of aromatic nitrogens is 1. The summed E-state index contributed by atoms with van der Waals surface area (Å²) in [5.74, 6) is 0.481. The van der Waals surface area contributed by atoms with Gasteiger partial charge in [-0.1, -0.05) is 35.9 Å². The summed E-state index contributed by atoms with van der Waals surface area (Å²) in [6, 6.07) is 15.3. The minimum Gasteiger partial charge on any atom is -0.486 e. The number of fused-ring (bicyclic) bond motifs is 1. The summed E-state index contributed by atoms with van der Waals surface area (Å²) in [5, 5.41) is 12.8. The molecule has 1 amide bonds. The third-order valence-corrected chi connectivity index (χ3v) is 5.19. The molecule has 0 saturated heterocycles. The molecule has 2 aromatic carbocycles.